The number of fused-ring (bicyclic) bond motifs is 2. The van der Waals surface area contributed by atoms with E-state index in [9.17, 15) is 23.9 Å². The van der Waals surface area contributed by atoms with Crippen molar-refractivity contribution in [1.29, 1.82) is 5.26 Å². The van der Waals surface area contributed by atoms with Gasteiger partial charge < -0.3 is 19.6 Å². The van der Waals surface area contributed by atoms with Crippen molar-refractivity contribution in [2.75, 3.05) is 44.7 Å². The molecule has 2 aromatic carbocycles. The van der Waals surface area contributed by atoms with Crippen LogP contribution in [0.3, 0.4) is 0 Å². The normalized spacial score (nSPS) is 20.8. The number of piperazine rings is 1. The van der Waals surface area contributed by atoms with E-state index in [4.69, 9.17) is 16.3 Å². The number of rotatable bonds is 6. The highest BCUT2D eigenvalue weighted by Crippen LogP contribution is 2.38. The Balaban J connectivity index is 1.47. The minimum absolute atomic E-state index is 0.0528. The molecule has 44 heavy (non-hydrogen) atoms. The minimum atomic E-state index is -1.14. The van der Waals surface area contributed by atoms with Gasteiger partial charge in [0.25, 0.3) is 0 Å². The van der Waals surface area contributed by atoms with Gasteiger partial charge in [-0.25, -0.2) is 18.0 Å². The van der Waals surface area contributed by atoms with Crippen LogP contribution in [-0.4, -0.2) is 94.0 Å². The summed E-state index contributed by atoms with van der Waals surface area (Å²) in [5.41, 5.74) is 0.0278. The van der Waals surface area contributed by atoms with Crippen LogP contribution in [0.15, 0.2) is 36.5 Å². The fourth-order valence-corrected chi connectivity index (χ4v) is 6.25. The molecule has 0 bridgehead atoms. The van der Waals surface area contributed by atoms with E-state index in [-0.39, 0.29) is 90.7 Å². The number of halogens is 4. The molecule has 228 valence electrons. The molecule has 2 saturated heterocycles. The van der Waals surface area contributed by atoms with Gasteiger partial charge in [0.2, 0.25) is 0 Å². The van der Waals surface area contributed by atoms with Crippen LogP contribution in [0.1, 0.15) is 12.8 Å². The summed E-state index contributed by atoms with van der Waals surface area (Å²) < 4.78 is 50.9. The number of likely N-dealkylation sites (N-methyl/N-ethyl adjacent to an activating group) is 1. The number of benzene rings is 2. The van der Waals surface area contributed by atoms with Crippen molar-refractivity contribution in [3.8, 4) is 23.3 Å². The standard InChI is InChI=1S/C30H27ClF3N7O3/c1-39-13-17(32)11-19(39)15-44-29-37-27-21(28(38-29)40-9-10-41(30(42)43)18(14-40)7-8-35)12-36-26(25(27)34)20-4-2-3-16-5-6-22(33)24(31)23(16)20/h2-6,12,17-19H,7,9-11,13-15H2,1H3,(H,42,43)/t17-,18-,19-/m0/s1. The van der Waals surface area contributed by atoms with Crippen LogP contribution in [0, 0.1) is 23.0 Å². The summed E-state index contributed by atoms with van der Waals surface area (Å²) in [6, 6.07) is 8.76. The van der Waals surface area contributed by atoms with Gasteiger partial charge in [0.05, 0.1) is 28.9 Å². The number of carboxylic acid groups (broad SMARTS) is 1. The van der Waals surface area contributed by atoms with E-state index < -0.39 is 29.9 Å². The number of nitrogens with zero attached hydrogens (tertiary/aromatic N) is 7. The average Bonchev–Trinajstić information content (AvgIpc) is 3.34. The Morgan fingerprint density at radius 2 is 2.00 bits per heavy atom. The number of ether oxygens (including phenoxy) is 1. The number of nitriles is 1. The summed E-state index contributed by atoms with van der Waals surface area (Å²) in [6.45, 7) is 0.730. The predicted molar refractivity (Wildman–Crippen MR) is 158 cm³/mol. The maximum absolute atomic E-state index is 16.5. The number of aromatic nitrogens is 3. The second kappa shape index (κ2) is 11.9. The molecule has 2 aliphatic heterocycles. The lowest BCUT2D eigenvalue weighted by Gasteiger charge is -2.39. The van der Waals surface area contributed by atoms with Gasteiger partial charge in [-0.1, -0.05) is 35.9 Å². The molecule has 0 spiro atoms. The number of carbonyl (C=O) groups is 1. The largest absolute Gasteiger partial charge is 0.465 e. The molecular weight excluding hydrogens is 599 g/mol. The summed E-state index contributed by atoms with van der Waals surface area (Å²) in [5.74, 6) is -1.22. The molecule has 0 radical (unpaired) electrons. The van der Waals surface area contributed by atoms with Gasteiger partial charge in [0.1, 0.15) is 35.6 Å². The lowest BCUT2D eigenvalue weighted by molar-refractivity contribution is 0.119. The third-order valence-electron chi connectivity index (χ3n) is 8.23. The van der Waals surface area contributed by atoms with Crippen molar-refractivity contribution < 1.29 is 27.8 Å². The molecule has 1 N–H and O–H groups in total. The molecule has 4 heterocycles. The molecular formula is C30H27ClF3N7O3. The Hall–Kier alpha value is -4.41. The van der Waals surface area contributed by atoms with Crippen LogP contribution in [0.25, 0.3) is 32.9 Å². The van der Waals surface area contributed by atoms with Gasteiger partial charge >= 0.3 is 12.1 Å². The van der Waals surface area contributed by atoms with Crippen LogP contribution in [0.4, 0.5) is 23.8 Å². The second-order valence-electron chi connectivity index (χ2n) is 11.0. The predicted octanol–water partition coefficient (Wildman–Crippen LogP) is 5.28. The van der Waals surface area contributed by atoms with E-state index >= 15 is 4.39 Å². The lowest BCUT2D eigenvalue weighted by atomic mass is 10.0. The molecule has 10 nitrogen and oxygen atoms in total. The van der Waals surface area contributed by atoms with Crippen LogP contribution >= 0.6 is 11.6 Å². The SMILES string of the molecule is CN1C[C@@H](F)C[C@H]1COc1nc(N2CCN(C(=O)O)[C@@H](CC#N)C2)c2cnc(-c3cccc4ccc(F)c(Cl)c34)c(F)c2n1. The van der Waals surface area contributed by atoms with Gasteiger partial charge in [-0.2, -0.15) is 15.2 Å². The first-order valence-electron chi connectivity index (χ1n) is 14.0. The average molecular weight is 626 g/mol. The highest BCUT2D eigenvalue weighted by atomic mass is 35.5. The number of hydrogen-bond acceptors (Lipinski definition) is 8. The fourth-order valence-electron chi connectivity index (χ4n) is 5.98. The molecule has 2 aromatic heterocycles. The van der Waals surface area contributed by atoms with E-state index in [2.05, 4.69) is 15.0 Å². The Morgan fingerprint density at radius 3 is 2.73 bits per heavy atom. The molecule has 0 aliphatic carbocycles. The van der Waals surface area contributed by atoms with Gasteiger partial charge in [-0.15, -0.1) is 0 Å². The van der Waals surface area contributed by atoms with Gasteiger partial charge in [0.15, 0.2) is 5.82 Å². The molecule has 3 atom stereocenters. The number of amides is 1. The summed E-state index contributed by atoms with van der Waals surface area (Å²) in [7, 11) is 1.79. The zero-order valence-electron chi connectivity index (χ0n) is 23.6. The Labute approximate surface area is 255 Å². The van der Waals surface area contributed by atoms with Gasteiger partial charge in [-0.05, 0) is 24.9 Å². The zero-order chi connectivity index (χ0) is 31.1. The number of anilines is 1. The van der Waals surface area contributed by atoms with Crippen molar-refractivity contribution in [3.05, 3.63) is 53.2 Å². The first-order chi connectivity index (χ1) is 21.2. The van der Waals surface area contributed by atoms with Crippen LogP contribution in [0.2, 0.25) is 5.02 Å². The number of pyridine rings is 1. The monoisotopic (exact) mass is 625 g/mol. The summed E-state index contributed by atoms with van der Waals surface area (Å²) >= 11 is 6.33. The van der Waals surface area contributed by atoms with Gasteiger partial charge in [-0.3, -0.25) is 9.88 Å². The van der Waals surface area contributed by atoms with Crippen LogP contribution < -0.4 is 9.64 Å². The molecule has 6 rings (SSSR count). The number of alkyl halides is 1. The van der Waals surface area contributed by atoms with E-state index in [0.29, 0.717) is 10.8 Å². The molecule has 2 fully saturated rings. The fraction of sp³-hybridized carbons (Fsp3) is 0.367. The van der Waals surface area contributed by atoms with Crippen molar-refractivity contribution in [3.63, 3.8) is 0 Å². The Morgan fingerprint density at radius 1 is 1.18 bits per heavy atom. The Kier molecular flexibility index (Phi) is 8.04. The second-order valence-corrected chi connectivity index (χ2v) is 11.3. The highest BCUT2D eigenvalue weighted by molar-refractivity contribution is 6.36. The van der Waals surface area contributed by atoms with Crippen molar-refractivity contribution in [2.24, 2.45) is 0 Å². The summed E-state index contributed by atoms with van der Waals surface area (Å²) in [4.78, 5) is 29.9. The lowest BCUT2D eigenvalue weighted by Crippen LogP contribution is -2.55. The molecule has 0 saturated carbocycles. The third-order valence-corrected chi connectivity index (χ3v) is 8.60. The van der Waals surface area contributed by atoms with Gasteiger partial charge in [0, 0.05) is 49.4 Å². The first kappa shape index (κ1) is 29.7. The van der Waals surface area contributed by atoms with Crippen molar-refractivity contribution in [1.82, 2.24) is 24.8 Å². The van der Waals surface area contributed by atoms with E-state index in [0.717, 1.165) is 0 Å². The van der Waals surface area contributed by atoms with E-state index in [1.54, 1.807) is 36.2 Å². The minimum Gasteiger partial charge on any atom is -0.465 e. The highest BCUT2D eigenvalue weighted by Gasteiger charge is 2.33. The zero-order valence-corrected chi connectivity index (χ0v) is 24.3. The third kappa shape index (κ3) is 5.39. The van der Waals surface area contributed by atoms with E-state index in [1.165, 1.54) is 17.2 Å². The maximum Gasteiger partial charge on any atom is 0.407 e. The van der Waals surface area contributed by atoms with Crippen LogP contribution in [0.5, 0.6) is 6.01 Å². The van der Waals surface area contributed by atoms with Crippen molar-refractivity contribution in [2.45, 2.75) is 31.1 Å². The number of hydrogen-bond donors (Lipinski definition) is 1. The maximum atomic E-state index is 16.5. The molecule has 4 aromatic rings. The molecule has 14 heteroatoms. The Bertz CT molecular complexity index is 1810. The van der Waals surface area contributed by atoms with Crippen molar-refractivity contribution >= 4 is 45.2 Å². The molecule has 2 aliphatic rings. The smallest absolute Gasteiger partial charge is 0.407 e. The molecule has 1 amide bonds. The van der Waals surface area contributed by atoms with Crippen LogP contribution in [-0.2, 0) is 0 Å². The quantitative estimate of drug-likeness (QED) is 0.305. The van der Waals surface area contributed by atoms with E-state index in [1.807, 2.05) is 11.0 Å². The topological polar surface area (TPSA) is 119 Å². The number of likely N-dealkylation sites (tertiary alicyclic amines) is 1. The first-order valence-corrected chi connectivity index (χ1v) is 14.4. The summed E-state index contributed by atoms with van der Waals surface area (Å²) in [6.07, 6.45) is -0.517. The summed E-state index contributed by atoms with van der Waals surface area (Å²) in [5, 5.41) is 19.9. The molecule has 0 unspecified atom stereocenters.